The van der Waals surface area contributed by atoms with Crippen molar-refractivity contribution >= 4 is 0 Å². The van der Waals surface area contributed by atoms with E-state index in [0.717, 1.165) is 32.8 Å². The van der Waals surface area contributed by atoms with E-state index in [9.17, 15) is 0 Å². The second-order valence-corrected chi connectivity index (χ2v) is 5.43. The lowest BCUT2D eigenvalue weighted by Crippen LogP contribution is -2.46. The Balaban J connectivity index is 1.81. The van der Waals surface area contributed by atoms with Crippen LogP contribution >= 0.6 is 0 Å². The molecule has 0 aromatic heterocycles. The zero-order valence-electron chi connectivity index (χ0n) is 12.4. The zero-order valence-corrected chi connectivity index (χ0v) is 12.4. The molecule has 1 aliphatic heterocycles. The Hall–Kier alpha value is -0.900. The van der Waals surface area contributed by atoms with Gasteiger partial charge in [-0.05, 0) is 26.0 Å². The molecule has 1 fully saturated rings. The van der Waals surface area contributed by atoms with Gasteiger partial charge in [-0.3, -0.25) is 4.90 Å². The number of hydrogen-bond acceptors (Lipinski definition) is 3. The van der Waals surface area contributed by atoms with Crippen LogP contribution < -0.4 is 5.32 Å². The number of aryl methyl sites for hydroxylation is 1. The van der Waals surface area contributed by atoms with Crippen LogP contribution in [0.4, 0.5) is 0 Å². The van der Waals surface area contributed by atoms with Crippen molar-refractivity contribution in [1.82, 2.24) is 10.2 Å². The van der Waals surface area contributed by atoms with Crippen LogP contribution in [0.2, 0.25) is 0 Å². The number of hydrogen-bond donors (Lipinski definition) is 1. The summed E-state index contributed by atoms with van der Waals surface area (Å²) >= 11 is 0. The molecule has 1 aromatic carbocycles. The third-order valence-corrected chi connectivity index (χ3v) is 3.86. The summed E-state index contributed by atoms with van der Waals surface area (Å²) in [6.45, 7) is 11.6. The minimum atomic E-state index is 0.320. The minimum absolute atomic E-state index is 0.320. The van der Waals surface area contributed by atoms with E-state index in [0.29, 0.717) is 12.1 Å². The molecule has 1 heterocycles. The minimum Gasteiger partial charge on any atom is -0.374 e. The molecular weight excluding hydrogens is 236 g/mol. The van der Waals surface area contributed by atoms with E-state index in [4.69, 9.17) is 4.74 Å². The predicted octanol–water partition coefficient (Wildman–Crippen LogP) is 2.37. The standard InChI is InChI=1S/C16H26N2O/c1-4-18-8-9-19-16(12-18)11-17-14(3)15-7-5-6-13(2)10-15/h5-7,10,14,16-17H,4,8-9,11-12H2,1-3H3/t14-,16?/m0/s1. The summed E-state index contributed by atoms with van der Waals surface area (Å²) in [6.07, 6.45) is 0.320. The fourth-order valence-electron chi connectivity index (χ4n) is 2.56. The lowest BCUT2D eigenvalue weighted by atomic mass is 10.1. The van der Waals surface area contributed by atoms with Gasteiger partial charge in [0.2, 0.25) is 0 Å². The molecule has 0 aliphatic carbocycles. The summed E-state index contributed by atoms with van der Waals surface area (Å²) < 4.78 is 5.82. The molecule has 1 aliphatic rings. The lowest BCUT2D eigenvalue weighted by molar-refractivity contribution is -0.0262. The van der Waals surface area contributed by atoms with E-state index in [2.05, 4.69) is 55.3 Å². The van der Waals surface area contributed by atoms with Crippen LogP contribution in [0.5, 0.6) is 0 Å². The van der Waals surface area contributed by atoms with Gasteiger partial charge in [0.05, 0.1) is 12.7 Å². The number of rotatable bonds is 5. The van der Waals surface area contributed by atoms with Gasteiger partial charge in [0.1, 0.15) is 0 Å². The fourth-order valence-corrected chi connectivity index (χ4v) is 2.56. The van der Waals surface area contributed by atoms with E-state index in [-0.39, 0.29) is 0 Å². The van der Waals surface area contributed by atoms with Crippen molar-refractivity contribution in [2.75, 3.05) is 32.8 Å². The molecule has 3 heteroatoms. The van der Waals surface area contributed by atoms with Crippen LogP contribution in [0.3, 0.4) is 0 Å². The van der Waals surface area contributed by atoms with Gasteiger partial charge in [0.15, 0.2) is 0 Å². The van der Waals surface area contributed by atoms with E-state index in [1.54, 1.807) is 0 Å². The van der Waals surface area contributed by atoms with Gasteiger partial charge < -0.3 is 10.1 Å². The number of morpholine rings is 1. The molecule has 2 rings (SSSR count). The molecule has 19 heavy (non-hydrogen) atoms. The molecule has 106 valence electrons. The van der Waals surface area contributed by atoms with Gasteiger partial charge in [-0.25, -0.2) is 0 Å². The topological polar surface area (TPSA) is 24.5 Å². The number of benzene rings is 1. The first kappa shape index (κ1) is 14.5. The monoisotopic (exact) mass is 262 g/mol. The summed E-state index contributed by atoms with van der Waals surface area (Å²) in [5, 5.41) is 3.59. The molecule has 3 nitrogen and oxygen atoms in total. The Labute approximate surface area is 116 Å². The average molecular weight is 262 g/mol. The Morgan fingerprint density at radius 2 is 2.32 bits per heavy atom. The molecular formula is C16H26N2O. The molecule has 0 saturated carbocycles. The zero-order chi connectivity index (χ0) is 13.7. The maximum absolute atomic E-state index is 5.82. The molecule has 0 bridgehead atoms. The smallest absolute Gasteiger partial charge is 0.0826 e. The van der Waals surface area contributed by atoms with Crippen molar-refractivity contribution in [2.24, 2.45) is 0 Å². The maximum atomic E-state index is 5.82. The molecule has 0 amide bonds. The number of nitrogens with zero attached hydrogens (tertiary/aromatic N) is 1. The third-order valence-electron chi connectivity index (χ3n) is 3.86. The van der Waals surface area contributed by atoms with Gasteiger partial charge in [0, 0.05) is 25.7 Å². The van der Waals surface area contributed by atoms with Crippen molar-refractivity contribution in [3.63, 3.8) is 0 Å². The van der Waals surface area contributed by atoms with E-state index < -0.39 is 0 Å². The first-order chi connectivity index (χ1) is 9.19. The molecule has 1 N–H and O–H groups in total. The normalized spacial score (nSPS) is 22.4. The first-order valence-corrected chi connectivity index (χ1v) is 7.33. The number of nitrogens with one attached hydrogen (secondary N) is 1. The van der Waals surface area contributed by atoms with Crippen molar-refractivity contribution in [1.29, 1.82) is 0 Å². The number of likely N-dealkylation sites (N-methyl/N-ethyl adjacent to an activating group) is 1. The van der Waals surface area contributed by atoms with Crippen molar-refractivity contribution in [3.8, 4) is 0 Å². The van der Waals surface area contributed by atoms with Crippen LogP contribution in [-0.2, 0) is 4.74 Å². The highest BCUT2D eigenvalue weighted by atomic mass is 16.5. The Bertz CT molecular complexity index is 394. The highest BCUT2D eigenvalue weighted by Gasteiger charge is 2.19. The summed E-state index contributed by atoms with van der Waals surface area (Å²) in [5.41, 5.74) is 2.67. The van der Waals surface area contributed by atoms with Gasteiger partial charge in [-0.2, -0.15) is 0 Å². The van der Waals surface area contributed by atoms with Crippen LogP contribution in [0.1, 0.15) is 31.0 Å². The van der Waals surface area contributed by atoms with Gasteiger partial charge in [-0.1, -0.05) is 36.8 Å². The van der Waals surface area contributed by atoms with Crippen molar-refractivity contribution in [3.05, 3.63) is 35.4 Å². The van der Waals surface area contributed by atoms with E-state index in [1.807, 2.05) is 0 Å². The fraction of sp³-hybridized carbons (Fsp3) is 0.625. The van der Waals surface area contributed by atoms with E-state index >= 15 is 0 Å². The summed E-state index contributed by atoms with van der Waals surface area (Å²) in [6, 6.07) is 9.07. The average Bonchev–Trinajstić information content (AvgIpc) is 2.45. The Morgan fingerprint density at radius 3 is 3.05 bits per heavy atom. The van der Waals surface area contributed by atoms with Gasteiger partial charge in [-0.15, -0.1) is 0 Å². The van der Waals surface area contributed by atoms with Crippen molar-refractivity contribution < 1.29 is 4.74 Å². The molecule has 0 radical (unpaired) electrons. The molecule has 1 unspecified atom stereocenters. The SMILES string of the molecule is CCN1CCOC(CN[C@@H](C)c2cccc(C)c2)C1. The van der Waals surface area contributed by atoms with Gasteiger partial charge >= 0.3 is 0 Å². The third kappa shape index (κ3) is 4.30. The van der Waals surface area contributed by atoms with E-state index in [1.165, 1.54) is 11.1 Å². The largest absolute Gasteiger partial charge is 0.374 e. The van der Waals surface area contributed by atoms with Gasteiger partial charge in [0.25, 0.3) is 0 Å². The highest BCUT2D eigenvalue weighted by molar-refractivity contribution is 5.24. The predicted molar refractivity (Wildman–Crippen MR) is 79.5 cm³/mol. The Morgan fingerprint density at radius 1 is 1.47 bits per heavy atom. The van der Waals surface area contributed by atoms with Crippen molar-refractivity contribution in [2.45, 2.75) is 32.9 Å². The Kier molecular flexibility index (Phi) is 5.37. The second-order valence-electron chi connectivity index (χ2n) is 5.43. The van der Waals surface area contributed by atoms with Crippen LogP contribution in [0.15, 0.2) is 24.3 Å². The highest BCUT2D eigenvalue weighted by Crippen LogP contribution is 2.14. The molecule has 2 atom stereocenters. The second kappa shape index (κ2) is 7.04. The van der Waals surface area contributed by atoms with Crippen LogP contribution in [-0.4, -0.2) is 43.8 Å². The molecule has 0 spiro atoms. The summed E-state index contributed by atoms with van der Waals surface area (Å²) in [4.78, 5) is 2.45. The lowest BCUT2D eigenvalue weighted by Gasteiger charge is -2.32. The first-order valence-electron chi connectivity index (χ1n) is 7.33. The van der Waals surface area contributed by atoms with Crippen LogP contribution in [0, 0.1) is 6.92 Å². The van der Waals surface area contributed by atoms with Crippen LogP contribution in [0.25, 0.3) is 0 Å². The quantitative estimate of drug-likeness (QED) is 0.881. The summed E-state index contributed by atoms with van der Waals surface area (Å²) in [7, 11) is 0. The molecule has 1 saturated heterocycles. The molecule has 1 aromatic rings. The maximum Gasteiger partial charge on any atom is 0.0826 e. The number of ether oxygens (including phenoxy) is 1. The summed E-state index contributed by atoms with van der Waals surface area (Å²) in [5.74, 6) is 0.